The van der Waals surface area contributed by atoms with Crippen molar-refractivity contribution in [3.05, 3.63) is 39.7 Å². The van der Waals surface area contributed by atoms with E-state index in [2.05, 4.69) is 10.2 Å². The predicted octanol–water partition coefficient (Wildman–Crippen LogP) is 2.77. The van der Waals surface area contributed by atoms with E-state index in [1.54, 1.807) is 19.1 Å². The van der Waals surface area contributed by atoms with Crippen molar-refractivity contribution in [3.63, 3.8) is 0 Å². The van der Waals surface area contributed by atoms with E-state index in [9.17, 15) is 14.4 Å². The summed E-state index contributed by atoms with van der Waals surface area (Å²) in [7, 11) is 1.23. The molecule has 1 saturated heterocycles. The Morgan fingerprint density at radius 3 is 2.61 bits per heavy atom. The smallest absolute Gasteiger partial charge is 0.341 e. The van der Waals surface area contributed by atoms with Gasteiger partial charge in [-0.05, 0) is 50.6 Å². The quantitative estimate of drug-likeness (QED) is 0.714. The minimum absolute atomic E-state index is 0.120. The van der Waals surface area contributed by atoms with E-state index in [1.807, 2.05) is 0 Å². The number of hydrogen-bond acceptors (Lipinski definition) is 7. The monoisotopic (exact) mass is 405 g/mol. The fourth-order valence-electron chi connectivity index (χ4n) is 3.27. The second kappa shape index (κ2) is 8.57. The van der Waals surface area contributed by atoms with Crippen LogP contribution < -0.4 is 11.1 Å². The Morgan fingerprint density at radius 2 is 1.96 bits per heavy atom. The molecule has 2 aromatic heterocycles. The summed E-state index contributed by atoms with van der Waals surface area (Å²) in [6, 6.07) is 3.38. The molecule has 0 saturated carbocycles. The average molecular weight is 405 g/mol. The van der Waals surface area contributed by atoms with Gasteiger partial charge in [0.1, 0.15) is 10.8 Å². The number of furan rings is 1. The number of nitrogens with one attached hydrogen (secondary N) is 1. The molecular formula is C19H23N3O5S. The molecule has 8 nitrogen and oxygen atoms in total. The normalized spacial score (nSPS) is 14.6. The van der Waals surface area contributed by atoms with Crippen LogP contribution in [-0.4, -0.2) is 42.9 Å². The van der Waals surface area contributed by atoms with E-state index in [0.29, 0.717) is 17.9 Å². The van der Waals surface area contributed by atoms with Crippen molar-refractivity contribution in [1.29, 1.82) is 0 Å². The molecule has 2 amide bonds. The number of carbonyl (C=O) groups excluding carboxylic acids is 3. The number of esters is 1. The number of rotatable bonds is 6. The zero-order valence-electron chi connectivity index (χ0n) is 15.9. The largest absolute Gasteiger partial charge is 0.465 e. The van der Waals surface area contributed by atoms with Crippen LogP contribution in [0.4, 0.5) is 5.00 Å². The van der Waals surface area contributed by atoms with Gasteiger partial charge in [0.25, 0.3) is 11.8 Å². The molecule has 9 heteroatoms. The number of piperidine rings is 1. The summed E-state index contributed by atoms with van der Waals surface area (Å²) in [5.41, 5.74) is 5.86. The molecule has 0 spiro atoms. The van der Waals surface area contributed by atoms with Crippen LogP contribution in [0.1, 0.15) is 61.2 Å². The molecule has 0 aromatic carbocycles. The number of anilines is 1. The summed E-state index contributed by atoms with van der Waals surface area (Å²) in [5, 5.41) is 2.84. The summed E-state index contributed by atoms with van der Waals surface area (Å²) in [6.07, 6.45) is 3.59. The van der Waals surface area contributed by atoms with Gasteiger partial charge in [-0.25, -0.2) is 4.79 Å². The Bertz CT molecular complexity index is 896. The third-order valence-corrected chi connectivity index (χ3v) is 5.92. The number of amides is 2. The summed E-state index contributed by atoms with van der Waals surface area (Å²) < 4.78 is 10.4. The van der Waals surface area contributed by atoms with E-state index in [1.165, 1.54) is 26.4 Å². The van der Waals surface area contributed by atoms with Gasteiger partial charge in [-0.1, -0.05) is 6.42 Å². The third-order valence-electron chi connectivity index (χ3n) is 4.70. The Balaban J connectivity index is 1.76. The van der Waals surface area contributed by atoms with Gasteiger partial charge in [0, 0.05) is 0 Å². The number of methoxy groups -OCH3 is 1. The molecule has 3 N–H and O–H groups in total. The molecule has 150 valence electrons. The minimum atomic E-state index is -0.671. The first-order valence-corrected chi connectivity index (χ1v) is 9.86. The van der Waals surface area contributed by atoms with E-state index >= 15 is 0 Å². The number of ether oxygens (including phenoxy) is 1. The van der Waals surface area contributed by atoms with Gasteiger partial charge in [-0.15, -0.1) is 11.3 Å². The fraction of sp³-hybridized carbons (Fsp3) is 0.421. The number of hydrogen-bond donors (Lipinski definition) is 2. The van der Waals surface area contributed by atoms with Gasteiger partial charge in [-0.2, -0.15) is 0 Å². The van der Waals surface area contributed by atoms with Crippen molar-refractivity contribution < 1.29 is 23.5 Å². The summed E-state index contributed by atoms with van der Waals surface area (Å²) in [6.45, 7) is 4.29. The number of nitrogens with two attached hydrogens (primary N) is 1. The molecule has 3 heterocycles. The maximum Gasteiger partial charge on any atom is 0.341 e. The van der Waals surface area contributed by atoms with Crippen LogP contribution in [0.3, 0.4) is 0 Å². The summed E-state index contributed by atoms with van der Waals surface area (Å²) in [4.78, 5) is 38.8. The predicted molar refractivity (Wildman–Crippen MR) is 105 cm³/mol. The highest BCUT2D eigenvalue weighted by molar-refractivity contribution is 7.18. The van der Waals surface area contributed by atoms with E-state index in [0.717, 1.165) is 24.4 Å². The Kier molecular flexibility index (Phi) is 6.15. The highest BCUT2D eigenvalue weighted by Gasteiger charge is 2.26. The van der Waals surface area contributed by atoms with Crippen LogP contribution in [0.5, 0.6) is 0 Å². The van der Waals surface area contributed by atoms with E-state index < -0.39 is 17.8 Å². The molecule has 0 unspecified atom stereocenters. The SMILES string of the molecule is COC(=O)c1c(NC(=O)c2ccc(CN3CCCCC3)o2)sc(C(N)=O)c1C. The van der Waals surface area contributed by atoms with Crippen molar-refractivity contribution in [2.45, 2.75) is 32.7 Å². The fourth-order valence-corrected chi connectivity index (χ4v) is 4.31. The van der Waals surface area contributed by atoms with Gasteiger partial charge in [-0.3, -0.25) is 14.5 Å². The van der Waals surface area contributed by atoms with Gasteiger partial charge in [0.15, 0.2) is 5.76 Å². The molecule has 28 heavy (non-hydrogen) atoms. The van der Waals surface area contributed by atoms with E-state index in [4.69, 9.17) is 14.9 Å². The van der Waals surface area contributed by atoms with Crippen molar-refractivity contribution in [3.8, 4) is 0 Å². The highest BCUT2D eigenvalue weighted by atomic mass is 32.1. The van der Waals surface area contributed by atoms with Crippen LogP contribution in [-0.2, 0) is 11.3 Å². The number of carbonyl (C=O) groups is 3. The highest BCUT2D eigenvalue weighted by Crippen LogP contribution is 2.33. The molecule has 0 radical (unpaired) electrons. The topological polar surface area (TPSA) is 115 Å². The lowest BCUT2D eigenvalue weighted by molar-refractivity contribution is 0.0601. The second-order valence-electron chi connectivity index (χ2n) is 6.67. The van der Waals surface area contributed by atoms with Crippen molar-refractivity contribution >= 4 is 34.1 Å². The molecule has 0 atom stereocenters. The van der Waals surface area contributed by atoms with Gasteiger partial charge < -0.3 is 20.2 Å². The number of likely N-dealkylation sites (tertiary alicyclic amines) is 1. The lowest BCUT2D eigenvalue weighted by Gasteiger charge is -2.25. The molecule has 1 aliphatic rings. The zero-order valence-corrected chi connectivity index (χ0v) is 16.7. The molecular weight excluding hydrogens is 382 g/mol. The Morgan fingerprint density at radius 1 is 1.25 bits per heavy atom. The molecule has 1 fully saturated rings. The van der Waals surface area contributed by atoms with Crippen molar-refractivity contribution in [2.75, 3.05) is 25.5 Å². The summed E-state index contributed by atoms with van der Waals surface area (Å²) in [5.74, 6) is -0.987. The van der Waals surface area contributed by atoms with E-state index in [-0.39, 0.29) is 21.2 Å². The van der Waals surface area contributed by atoms with Gasteiger partial charge in [0.05, 0.1) is 24.1 Å². The first-order valence-electron chi connectivity index (χ1n) is 9.04. The van der Waals surface area contributed by atoms with Crippen molar-refractivity contribution in [2.24, 2.45) is 5.73 Å². The molecule has 3 rings (SSSR count). The van der Waals surface area contributed by atoms with Crippen LogP contribution in [0.25, 0.3) is 0 Å². The van der Waals surface area contributed by atoms with Crippen LogP contribution in [0.2, 0.25) is 0 Å². The molecule has 0 bridgehead atoms. The maximum absolute atomic E-state index is 12.6. The van der Waals surface area contributed by atoms with Gasteiger partial charge in [0.2, 0.25) is 0 Å². The zero-order chi connectivity index (χ0) is 20.3. The number of thiophene rings is 1. The van der Waals surface area contributed by atoms with Crippen LogP contribution in [0, 0.1) is 6.92 Å². The lowest BCUT2D eigenvalue weighted by Crippen LogP contribution is -2.28. The second-order valence-corrected chi connectivity index (χ2v) is 7.69. The third kappa shape index (κ3) is 4.26. The van der Waals surface area contributed by atoms with Crippen molar-refractivity contribution in [1.82, 2.24) is 4.90 Å². The first kappa shape index (κ1) is 20.1. The van der Waals surface area contributed by atoms with Gasteiger partial charge >= 0.3 is 5.97 Å². The Labute approximate surface area is 166 Å². The van der Waals surface area contributed by atoms with Crippen LogP contribution in [0.15, 0.2) is 16.5 Å². The molecule has 0 aliphatic carbocycles. The van der Waals surface area contributed by atoms with Crippen LogP contribution >= 0.6 is 11.3 Å². The maximum atomic E-state index is 12.6. The lowest BCUT2D eigenvalue weighted by atomic mass is 10.1. The number of nitrogens with zero attached hydrogens (tertiary/aromatic N) is 1. The minimum Gasteiger partial charge on any atom is -0.465 e. The molecule has 2 aromatic rings. The summed E-state index contributed by atoms with van der Waals surface area (Å²) >= 11 is 0.939. The number of primary amides is 1. The Hall–Kier alpha value is -2.65. The first-order chi connectivity index (χ1) is 13.4. The standard InChI is InChI=1S/C19H23N3O5S/c1-11-14(19(25)26-2)18(28-15(11)16(20)23)21-17(24)13-7-6-12(27-13)10-22-8-4-3-5-9-22/h6-7H,3-5,8-10H2,1-2H3,(H2,20,23)(H,21,24). The average Bonchev–Trinajstić information content (AvgIpc) is 3.26. The molecule has 1 aliphatic heterocycles.